The van der Waals surface area contributed by atoms with Crippen LogP contribution in [0.4, 0.5) is 0 Å². The maximum atomic E-state index is 10.6. The lowest BCUT2D eigenvalue weighted by Gasteiger charge is -2.18. The summed E-state index contributed by atoms with van der Waals surface area (Å²) in [7, 11) is 2.04. The van der Waals surface area contributed by atoms with Gasteiger partial charge in [0, 0.05) is 31.6 Å². The van der Waals surface area contributed by atoms with Crippen LogP contribution < -0.4 is 0 Å². The van der Waals surface area contributed by atoms with Gasteiger partial charge in [0.1, 0.15) is 0 Å². The van der Waals surface area contributed by atoms with Crippen molar-refractivity contribution in [1.29, 1.82) is 0 Å². The first kappa shape index (κ1) is 14.9. The molecule has 21 heavy (non-hydrogen) atoms. The molecule has 0 aliphatic rings. The summed E-state index contributed by atoms with van der Waals surface area (Å²) in [5, 5.41) is 8.74. The van der Waals surface area contributed by atoms with Gasteiger partial charge < -0.3 is 5.11 Å². The number of aliphatic carboxylic acids is 1. The number of carboxylic acids is 1. The van der Waals surface area contributed by atoms with Crippen LogP contribution in [-0.4, -0.2) is 28.0 Å². The molecule has 2 rings (SSSR count). The van der Waals surface area contributed by atoms with Gasteiger partial charge >= 0.3 is 5.97 Å². The average Bonchev–Trinajstić information content (AvgIpc) is 2.47. The SMILES string of the molecule is CN(Cc1ccncc1)Cc1ccccc1C=CC(=O)O. The van der Waals surface area contributed by atoms with Crippen LogP contribution >= 0.6 is 0 Å². The molecule has 0 atom stereocenters. The second-order valence-corrected chi connectivity index (χ2v) is 4.90. The summed E-state index contributed by atoms with van der Waals surface area (Å²) in [5.41, 5.74) is 3.24. The Morgan fingerprint density at radius 3 is 2.62 bits per heavy atom. The summed E-state index contributed by atoms with van der Waals surface area (Å²) in [6.45, 7) is 1.57. The van der Waals surface area contributed by atoms with Gasteiger partial charge in [0.05, 0.1) is 0 Å². The van der Waals surface area contributed by atoms with E-state index in [1.54, 1.807) is 18.5 Å². The lowest BCUT2D eigenvalue weighted by atomic mass is 10.1. The van der Waals surface area contributed by atoms with E-state index in [0.717, 1.165) is 24.2 Å². The molecule has 0 unspecified atom stereocenters. The highest BCUT2D eigenvalue weighted by Crippen LogP contribution is 2.14. The summed E-state index contributed by atoms with van der Waals surface area (Å²) < 4.78 is 0. The van der Waals surface area contributed by atoms with Gasteiger partial charge in [0.15, 0.2) is 0 Å². The molecular formula is C17H18N2O2. The smallest absolute Gasteiger partial charge is 0.328 e. The number of benzene rings is 1. The van der Waals surface area contributed by atoms with Gasteiger partial charge in [0.25, 0.3) is 0 Å². The van der Waals surface area contributed by atoms with Crippen LogP contribution in [-0.2, 0) is 17.9 Å². The minimum atomic E-state index is -0.935. The number of nitrogens with zero attached hydrogens (tertiary/aromatic N) is 2. The van der Waals surface area contributed by atoms with Crippen LogP contribution in [0.25, 0.3) is 6.08 Å². The van der Waals surface area contributed by atoms with E-state index in [0.29, 0.717) is 0 Å². The summed E-state index contributed by atoms with van der Waals surface area (Å²) in [4.78, 5) is 16.8. The van der Waals surface area contributed by atoms with Gasteiger partial charge in [-0.15, -0.1) is 0 Å². The number of hydrogen-bond acceptors (Lipinski definition) is 3. The van der Waals surface area contributed by atoms with Crippen LogP contribution in [0.15, 0.2) is 54.9 Å². The van der Waals surface area contributed by atoms with E-state index >= 15 is 0 Å². The van der Waals surface area contributed by atoms with E-state index in [9.17, 15) is 4.79 Å². The zero-order valence-corrected chi connectivity index (χ0v) is 11.9. The fourth-order valence-corrected chi connectivity index (χ4v) is 2.15. The van der Waals surface area contributed by atoms with Crippen molar-refractivity contribution >= 4 is 12.0 Å². The molecule has 0 aliphatic carbocycles. The van der Waals surface area contributed by atoms with Gasteiger partial charge in [-0.2, -0.15) is 0 Å². The zero-order valence-electron chi connectivity index (χ0n) is 11.9. The molecule has 0 spiro atoms. The maximum absolute atomic E-state index is 10.6. The number of carboxylic acid groups (broad SMARTS) is 1. The normalized spacial score (nSPS) is 11.1. The van der Waals surface area contributed by atoms with E-state index in [4.69, 9.17) is 5.11 Å². The Morgan fingerprint density at radius 2 is 1.90 bits per heavy atom. The Morgan fingerprint density at radius 1 is 1.19 bits per heavy atom. The highest BCUT2D eigenvalue weighted by Gasteiger charge is 2.05. The van der Waals surface area contributed by atoms with Gasteiger partial charge in [-0.1, -0.05) is 24.3 Å². The molecule has 2 aromatic rings. The lowest BCUT2D eigenvalue weighted by Crippen LogP contribution is -2.17. The van der Waals surface area contributed by atoms with Crippen molar-refractivity contribution < 1.29 is 9.90 Å². The largest absolute Gasteiger partial charge is 0.478 e. The molecular weight excluding hydrogens is 264 g/mol. The topological polar surface area (TPSA) is 53.4 Å². The highest BCUT2D eigenvalue weighted by molar-refractivity contribution is 5.85. The zero-order chi connectivity index (χ0) is 15.1. The minimum absolute atomic E-state index is 0.752. The predicted octanol–water partition coefficient (Wildman–Crippen LogP) is 2.81. The molecule has 0 fully saturated rings. The fraction of sp³-hybridized carbons (Fsp3) is 0.176. The van der Waals surface area contributed by atoms with E-state index in [1.165, 1.54) is 11.6 Å². The number of carbonyl (C=O) groups is 1. The summed E-state index contributed by atoms with van der Waals surface area (Å²) in [6, 6.07) is 11.8. The molecule has 4 heteroatoms. The third kappa shape index (κ3) is 4.85. The van der Waals surface area contributed by atoms with Gasteiger partial charge in [-0.25, -0.2) is 4.79 Å². The van der Waals surface area contributed by atoms with Gasteiger partial charge in [-0.3, -0.25) is 9.88 Å². The Labute approximate surface area is 124 Å². The Hall–Kier alpha value is -2.46. The van der Waals surface area contributed by atoms with Crippen LogP contribution in [0.2, 0.25) is 0 Å². The first-order chi connectivity index (χ1) is 10.1. The minimum Gasteiger partial charge on any atom is -0.478 e. The summed E-state index contributed by atoms with van der Waals surface area (Å²) in [6.07, 6.45) is 6.37. The van der Waals surface area contributed by atoms with Gasteiger partial charge in [0.2, 0.25) is 0 Å². The summed E-state index contributed by atoms with van der Waals surface area (Å²) in [5.74, 6) is -0.935. The fourth-order valence-electron chi connectivity index (χ4n) is 2.15. The number of aromatic nitrogens is 1. The number of rotatable bonds is 6. The molecule has 108 valence electrons. The molecule has 1 aromatic heterocycles. The van der Waals surface area contributed by atoms with Crippen molar-refractivity contribution in [1.82, 2.24) is 9.88 Å². The predicted molar refractivity (Wildman–Crippen MR) is 82.5 cm³/mol. The molecule has 0 bridgehead atoms. The molecule has 0 aliphatic heterocycles. The lowest BCUT2D eigenvalue weighted by molar-refractivity contribution is -0.131. The van der Waals surface area contributed by atoms with Crippen molar-refractivity contribution in [2.24, 2.45) is 0 Å². The number of pyridine rings is 1. The molecule has 1 heterocycles. The van der Waals surface area contributed by atoms with Crippen LogP contribution in [0.5, 0.6) is 0 Å². The Balaban J connectivity index is 2.07. The van der Waals surface area contributed by atoms with Crippen LogP contribution in [0.1, 0.15) is 16.7 Å². The van der Waals surface area contributed by atoms with Crippen molar-refractivity contribution in [3.63, 3.8) is 0 Å². The molecule has 0 saturated heterocycles. The van der Waals surface area contributed by atoms with E-state index in [2.05, 4.69) is 9.88 Å². The first-order valence-corrected chi connectivity index (χ1v) is 6.71. The van der Waals surface area contributed by atoms with Crippen molar-refractivity contribution in [2.75, 3.05) is 7.05 Å². The highest BCUT2D eigenvalue weighted by atomic mass is 16.4. The molecule has 0 radical (unpaired) electrons. The maximum Gasteiger partial charge on any atom is 0.328 e. The van der Waals surface area contributed by atoms with E-state index in [1.807, 2.05) is 43.4 Å². The summed E-state index contributed by atoms with van der Waals surface area (Å²) >= 11 is 0. The monoisotopic (exact) mass is 282 g/mol. The van der Waals surface area contributed by atoms with Crippen LogP contribution in [0.3, 0.4) is 0 Å². The van der Waals surface area contributed by atoms with Crippen LogP contribution in [0, 0.1) is 0 Å². The molecule has 0 amide bonds. The van der Waals surface area contributed by atoms with Crippen molar-refractivity contribution in [3.05, 3.63) is 71.6 Å². The second-order valence-electron chi connectivity index (χ2n) is 4.90. The molecule has 1 aromatic carbocycles. The van der Waals surface area contributed by atoms with Crippen molar-refractivity contribution in [3.8, 4) is 0 Å². The average molecular weight is 282 g/mol. The van der Waals surface area contributed by atoms with E-state index < -0.39 is 5.97 Å². The standard InChI is InChI=1S/C17H18N2O2/c1-19(12-14-8-10-18-11-9-14)13-16-5-3-2-4-15(16)6-7-17(20)21/h2-11H,12-13H2,1H3,(H,20,21). The quantitative estimate of drug-likeness (QED) is 0.828. The third-order valence-electron chi connectivity index (χ3n) is 3.10. The third-order valence-corrected chi connectivity index (χ3v) is 3.10. The number of hydrogen-bond donors (Lipinski definition) is 1. The first-order valence-electron chi connectivity index (χ1n) is 6.71. The van der Waals surface area contributed by atoms with Crippen molar-refractivity contribution in [2.45, 2.75) is 13.1 Å². The Kier molecular flexibility index (Phi) is 5.23. The second kappa shape index (κ2) is 7.36. The molecule has 0 saturated carbocycles. The van der Waals surface area contributed by atoms with Gasteiger partial charge in [-0.05, 0) is 41.9 Å². The Bertz CT molecular complexity index is 624. The molecule has 1 N–H and O–H groups in total. The molecule has 4 nitrogen and oxygen atoms in total. The van der Waals surface area contributed by atoms with E-state index in [-0.39, 0.29) is 0 Å².